The lowest BCUT2D eigenvalue weighted by molar-refractivity contribution is -0.144. The Hall–Kier alpha value is -1.88. The van der Waals surface area contributed by atoms with Crippen molar-refractivity contribution in [2.45, 2.75) is 19.8 Å². The van der Waals surface area contributed by atoms with Gasteiger partial charge in [-0.2, -0.15) is 0 Å². The number of carbonyl (C=O) groups excluding carboxylic acids is 2. The van der Waals surface area contributed by atoms with Gasteiger partial charge in [-0.1, -0.05) is 18.2 Å². The first-order chi connectivity index (χ1) is 11.1. The van der Waals surface area contributed by atoms with Crippen molar-refractivity contribution in [2.75, 3.05) is 39.3 Å². The Kier molecular flexibility index (Phi) is 4.66. The molecule has 1 atom stereocenters. The zero-order valence-corrected chi connectivity index (χ0v) is 13.8. The SMILES string of the molecule is CC1(C(=O)N2CCNCC2)CCCN(C(=O)c2ccccc2)C1. The van der Waals surface area contributed by atoms with Crippen molar-refractivity contribution in [3.05, 3.63) is 35.9 Å². The molecule has 0 bridgehead atoms. The van der Waals surface area contributed by atoms with E-state index in [1.54, 1.807) is 0 Å². The predicted octanol–water partition coefficient (Wildman–Crippen LogP) is 1.36. The van der Waals surface area contributed by atoms with Crippen LogP contribution in [0.25, 0.3) is 0 Å². The third kappa shape index (κ3) is 3.39. The van der Waals surface area contributed by atoms with Gasteiger partial charge in [0, 0.05) is 44.8 Å². The molecule has 0 aromatic heterocycles. The van der Waals surface area contributed by atoms with E-state index in [0.717, 1.165) is 45.6 Å². The molecule has 2 heterocycles. The molecule has 0 radical (unpaired) electrons. The van der Waals surface area contributed by atoms with Gasteiger partial charge in [-0.3, -0.25) is 9.59 Å². The molecular formula is C18H25N3O2. The van der Waals surface area contributed by atoms with E-state index in [0.29, 0.717) is 12.1 Å². The second-order valence-corrected chi connectivity index (χ2v) is 6.80. The molecule has 0 saturated carbocycles. The first kappa shape index (κ1) is 16.0. The summed E-state index contributed by atoms with van der Waals surface area (Å²) in [4.78, 5) is 29.4. The van der Waals surface area contributed by atoms with Gasteiger partial charge < -0.3 is 15.1 Å². The van der Waals surface area contributed by atoms with Gasteiger partial charge in [-0.25, -0.2) is 0 Å². The van der Waals surface area contributed by atoms with Gasteiger partial charge in [0.2, 0.25) is 5.91 Å². The van der Waals surface area contributed by atoms with E-state index in [1.807, 2.05) is 47.1 Å². The minimum absolute atomic E-state index is 0.0321. The van der Waals surface area contributed by atoms with E-state index in [9.17, 15) is 9.59 Å². The Bertz CT molecular complexity index is 569. The highest BCUT2D eigenvalue weighted by Crippen LogP contribution is 2.32. The van der Waals surface area contributed by atoms with Crippen molar-refractivity contribution >= 4 is 11.8 Å². The largest absolute Gasteiger partial charge is 0.340 e. The molecular weight excluding hydrogens is 290 g/mol. The van der Waals surface area contributed by atoms with Crippen molar-refractivity contribution < 1.29 is 9.59 Å². The fraction of sp³-hybridized carbons (Fsp3) is 0.556. The second kappa shape index (κ2) is 6.71. The zero-order valence-electron chi connectivity index (χ0n) is 13.8. The number of hydrogen-bond acceptors (Lipinski definition) is 3. The lowest BCUT2D eigenvalue weighted by atomic mass is 9.80. The molecule has 2 fully saturated rings. The van der Waals surface area contributed by atoms with Crippen molar-refractivity contribution in [1.82, 2.24) is 15.1 Å². The van der Waals surface area contributed by atoms with E-state index in [-0.39, 0.29) is 11.8 Å². The molecule has 2 aliphatic rings. The quantitative estimate of drug-likeness (QED) is 0.896. The van der Waals surface area contributed by atoms with E-state index < -0.39 is 5.41 Å². The Morgan fingerprint density at radius 2 is 1.74 bits per heavy atom. The van der Waals surface area contributed by atoms with Crippen LogP contribution in [0.5, 0.6) is 0 Å². The third-order valence-electron chi connectivity index (χ3n) is 4.92. The molecule has 5 nitrogen and oxygen atoms in total. The normalized spacial score (nSPS) is 25.3. The predicted molar refractivity (Wildman–Crippen MR) is 89.1 cm³/mol. The van der Waals surface area contributed by atoms with Gasteiger partial charge >= 0.3 is 0 Å². The number of amides is 2. The number of carbonyl (C=O) groups is 2. The zero-order chi connectivity index (χ0) is 16.3. The fourth-order valence-electron chi connectivity index (χ4n) is 3.60. The molecule has 5 heteroatoms. The van der Waals surface area contributed by atoms with Gasteiger partial charge in [0.05, 0.1) is 5.41 Å². The number of rotatable bonds is 2. The molecule has 0 spiro atoms. The third-order valence-corrected chi connectivity index (χ3v) is 4.92. The Balaban J connectivity index is 1.71. The topological polar surface area (TPSA) is 52.7 Å². The highest BCUT2D eigenvalue weighted by Gasteiger charge is 2.41. The number of nitrogens with zero attached hydrogens (tertiary/aromatic N) is 2. The highest BCUT2D eigenvalue weighted by molar-refractivity contribution is 5.95. The summed E-state index contributed by atoms with van der Waals surface area (Å²) in [6.07, 6.45) is 1.74. The van der Waals surface area contributed by atoms with Crippen LogP contribution in [0.4, 0.5) is 0 Å². The molecule has 1 unspecified atom stereocenters. The van der Waals surface area contributed by atoms with Gasteiger partial charge in [0.15, 0.2) is 0 Å². The minimum Gasteiger partial charge on any atom is -0.340 e. The number of nitrogens with one attached hydrogen (secondary N) is 1. The summed E-state index contributed by atoms with van der Waals surface area (Å²) in [7, 11) is 0. The van der Waals surface area contributed by atoms with Crippen LogP contribution in [-0.4, -0.2) is 60.9 Å². The van der Waals surface area contributed by atoms with Crippen molar-refractivity contribution in [3.8, 4) is 0 Å². The summed E-state index contributed by atoms with van der Waals surface area (Å²) in [5.74, 6) is 0.231. The first-order valence-electron chi connectivity index (χ1n) is 8.45. The van der Waals surface area contributed by atoms with E-state index in [2.05, 4.69) is 5.32 Å². The summed E-state index contributed by atoms with van der Waals surface area (Å²) in [5, 5.41) is 3.28. The number of likely N-dealkylation sites (tertiary alicyclic amines) is 1. The number of piperidine rings is 1. The van der Waals surface area contributed by atoms with Crippen LogP contribution in [-0.2, 0) is 4.79 Å². The highest BCUT2D eigenvalue weighted by atomic mass is 16.2. The van der Waals surface area contributed by atoms with Gasteiger partial charge in [0.1, 0.15) is 0 Å². The van der Waals surface area contributed by atoms with E-state index >= 15 is 0 Å². The van der Waals surface area contributed by atoms with Gasteiger partial charge in [-0.15, -0.1) is 0 Å². The molecule has 2 amide bonds. The molecule has 1 aromatic rings. The Morgan fingerprint density at radius 3 is 2.43 bits per heavy atom. The van der Waals surface area contributed by atoms with Crippen LogP contribution in [0, 0.1) is 5.41 Å². The minimum atomic E-state index is -0.458. The Labute approximate surface area is 137 Å². The number of piperazine rings is 1. The first-order valence-corrected chi connectivity index (χ1v) is 8.45. The van der Waals surface area contributed by atoms with Gasteiger partial charge in [0.25, 0.3) is 5.91 Å². The van der Waals surface area contributed by atoms with Crippen LogP contribution in [0.15, 0.2) is 30.3 Å². The fourth-order valence-corrected chi connectivity index (χ4v) is 3.60. The Morgan fingerprint density at radius 1 is 1.04 bits per heavy atom. The average Bonchev–Trinajstić information content (AvgIpc) is 2.62. The molecule has 3 rings (SSSR count). The smallest absolute Gasteiger partial charge is 0.253 e. The van der Waals surface area contributed by atoms with E-state index in [1.165, 1.54) is 0 Å². The van der Waals surface area contributed by atoms with Crippen LogP contribution in [0.3, 0.4) is 0 Å². The van der Waals surface area contributed by atoms with Crippen LogP contribution in [0.1, 0.15) is 30.1 Å². The van der Waals surface area contributed by atoms with Crippen molar-refractivity contribution in [1.29, 1.82) is 0 Å². The maximum Gasteiger partial charge on any atom is 0.253 e. The number of benzene rings is 1. The summed E-state index contributed by atoms with van der Waals surface area (Å²) in [6, 6.07) is 9.34. The lowest BCUT2D eigenvalue weighted by Crippen LogP contribution is -2.56. The lowest BCUT2D eigenvalue weighted by Gasteiger charge is -2.43. The number of hydrogen-bond donors (Lipinski definition) is 1. The monoisotopic (exact) mass is 315 g/mol. The van der Waals surface area contributed by atoms with E-state index in [4.69, 9.17) is 0 Å². The molecule has 124 valence electrons. The molecule has 2 saturated heterocycles. The standard InChI is InChI=1S/C18H25N3O2/c1-18(17(23)20-12-9-19-10-13-20)8-5-11-21(14-18)16(22)15-6-3-2-4-7-15/h2-4,6-7,19H,5,8-14H2,1H3. The molecule has 2 aliphatic heterocycles. The summed E-state index contributed by atoms with van der Waals surface area (Å²) in [5.41, 5.74) is 0.242. The second-order valence-electron chi connectivity index (χ2n) is 6.80. The van der Waals surface area contributed by atoms with Crippen LogP contribution in [0.2, 0.25) is 0 Å². The molecule has 0 aliphatic carbocycles. The van der Waals surface area contributed by atoms with Crippen molar-refractivity contribution in [2.24, 2.45) is 5.41 Å². The van der Waals surface area contributed by atoms with Crippen LogP contribution >= 0.6 is 0 Å². The van der Waals surface area contributed by atoms with Crippen LogP contribution < -0.4 is 5.32 Å². The molecule has 23 heavy (non-hydrogen) atoms. The maximum absolute atomic E-state index is 12.9. The van der Waals surface area contributed by atoms with Crippen molar-refractivity contribution in [3.63, 3.8) is 0 Å². The molecule has 1 N–H and O–H groups in total. The van der Waals surface area contributed by atoms with Gasteiger partial charge in [-0.05, 0) is 31.9 Å². The summed E-state index contributed by atoms with van der Waals surface area (Å²) in [6.45, 7) is 6.51. The molecule has 1 aromatic carbocycles. The average molecular weight is 315 g/mol. The summed E-state index contributed by atoms with van der Waals surface area (Å²) >= 11 is 0. The summed E-state index contributed by atoms with van der Waals surface area (Å²) < 4.78 is 0. The maximum atomic E-state index is 12.9.